The summed E-state index contributed by atoms with van der Waals surface area (Å²) in [5.41, 5.74) is 2.21. The van der Waals surface area contributed by atoms with Crippen LogP contribution in [-0.4, -0.2) is 15.4 Å². The quantitative estimate of drug-likeness (QED) is 0.828. The Morgan fingerprint density at radius 1 is 1.13 bits per heavy atom. The molecule has 15 heavy (non-hydrogen) atoms. The number of halogens is 1. The molecule has 1 heterocycles. The number of nitrogens with zero attached hydrogens (tertiary/aromatic N) is 2. The monoisotopic (exact) mass is 224 g/mol. The lowest BCUT2D eigenvalue weighted by molar-refractivity contribution is 0.677. The van der Waals surface area contributed by atoms with Gasteiger partial charge in [-0.25, -0.2) is 0 Å². The van der Waals surface area contributed by atoms with Crippen LogP contribution in [0.5, 0.6) is 0 Å². The molecular weight excluding hydrogens is 212 g/mol. The van der Waals surface area contributed by atoms with E-state index in [9.17, 15) is 0 Å². The van der Waals surface area contributed by atoms with Crippen LogP contribution in [0.15, 0.2) is 36.5 Å². The first-order valence-electron chi connectivity index (χ1n) is 4.54. The highest BCUT2D eigenvalue weighted by molar-refractivity contribution is 5.85. The van der Waals surface area contributed by atoms with E-state index in [0.29, 0.717) is 0 Å². The summed E-state index contributed by atoms with van der Waals surface area (Å²) in [6, 6.07) is 10.3. The lowest BCUT2D eigenvalue weighted by Gasteiger charge is -2.01. The maximum atomic E-state index is 3.95. The number of hydrogen-bond acceptors (Lipinski definition) is 3. The molecule has 2 rings (SSSR count). The highest BCUT2D eigenvalue weighted by Crippen LogP contribution is 1.97. The van der Waals surface area contributed by atoms with Crippen LogP contribution in [-0.2, 0) is 13.1 Å². The van der Waals surface area contributed by atoms with E-state index in [-0.39, 0.29) is 12.4 Å². The normalized spacial score (nSPS) is 9.60. The number of benzene rings is 1. The Kier molecular flexibility index (Phi) is 4.80. The zero-order chi connectivity index (χ0) is 9.64. The highest BCUT2D eigenvalue weighted by atomic mass is 35.5. The molecule has 0 amide bonds. The summed E-state index contributed by atoms with van der Waals surface area (Å²) in [6.07, 6.45) is 1.72. The van der Waals surface area contributed by atoms with Gasteiger partial charge in [0.05, 0.1) is 11.9 Å². The van der Waals surface area contributed by atoms with Gasteiger partial charge in [-0.2, -0.15) is 15.4 Å². The zero-order valence-electron chi connectivity index (χ0n) is 8.18. The van der Waals surface area contributed by atoms with Gasteiger partial charge in [0.2, 0.25) is 0 Å². The SMILES string of the molecule is Cl.c1ccc(CNCc2cn[nH]n2)cc1. The summed E-state index contributed by atoms with van der Waals surface area (Å²) in [5.74, 6) is 0. The Morgan fingerprint density at radius 3 is 2.60 bits per heavy atom. The predicted octanol–water partition coefficient (Wildman–Crippen LogP) is 1.52. The van der Waals surface area contributed by atoms with E-state index < -0.39 is 0 Å². The molecule has 5 heteroatoms. The van der Waals surface area contributed by atoms with Crippen LogP contribution in [0, 0.1) is 0 Å². The van der Waals surface area contributed by atoms with Gasteiger partial charge in [-0.05, 0) is 5.56 Å². The Labute approximate surface area is 94.5 Å². The molecule has 0 saturated carbocycles. The molecule has 0 fully saturated rings. The number of aromatic nitrogens is 3. The van der Waals surface area contributed by atoms with Gasteiger partial charge in [-0.1, -0.05) is 30.3 Å². The maximum Gasteiger partial charge on any atom is 0.0962 e. The average molecular weight is 225 g/mol. The minimum Gasteiger partial charge on any atom is -0.307 e. The average Bonchev–Trinajstić information content (AvgIpc) is 2.72. The molecule has 0 unspecified atom stereocenters. The van der Waals surface area contributed by atoms with Crippen LogP contribution in [0.2, 0.25) is 0 Å². The smallest absolute Gasteiger partial charge is 0.0962 e. The number of aromatic amines is 1. The standard InChI is InChI=1S/C10H12N4.ClH/c1-2-4-9(5-3-1)6-11-7-10-8-12-14-13-10;/h1-5,8,11H,6-7H2,(H,12,13,14);1H. The van der Waals surface area contributed by atoms with E-state index in [0.717, 1.165) is 18.8 Å². The van der Waals surface area contributed by atoms with Crippen LogP contribution in [0.4, 0.5) is 0 Å². The van der Waals surface area contributed by atoms with Crippen molar-refractivity contribution in [2.24, 2.45) is 0 Å². The van der Waals surface area contributed by atoms with E-state index in [1.165, 1.54) is 5.56 Å². The topological polar surface area (TPSA) is 53.6 Å². The summed E-state index contributed by atoms with van der Waals surface area (Å²) < 4.78 is 0. The third-order valence-corrected chi connectivity index (χ3v) is 1.94. The largest absolute Gasteiger partial charge is 0.307 e. The van der Waals surface area contributed by atoms with Gasteiger partial charge in [0.15, 0.2) is 0 Å². The van der Waals surface area contributed by atoms with Gasteiger partial charge in [-0.15, -0.1) is 12.4 Å². The summed E-state index contributed by atoms with van der Waals surface area (Å²) in [4.78, 5) is 0. The molecule has 0 radical (unpaired) electrons. The first-order chi connectivity index (χ1) is 6.95. The third kappa shape index (κ3) is 3.69. The number of rotatable bonds is 4. The number of H-pyrrole nitrogens is 1. The lowest BCUT2D eigenvalue weighted by atomic mass is 10.2. The van der Waals surface area contributed by atoms with Crippen LogP contribution in [0.25, 0.3) is 0 Å². The summed E-state index contributed by atoms with van der Waals surface area (Å²) >= 11 is 0. The van der Waals surface area contributed by atoms with Crippen LogP contribution in [0.3, 0.4) is 0 Å². The fourth-order valence-electron chi connectivity index (χ4n) is 1.24. The van der Waals surface area contributed by atoms with Crippen molar-refractivity contribution in [3.63, 3.8) is 0 Å². The zero-order valence-corrected chi connectivity index (χ0v) is 9.00. The molecule has 0 aliphatic carbocycles. The van der Waals surface area contributed by atoms with Gasteiger partial charge in [0, 0.05) is 13.1 Å². The minimum atomic E-state index is 0. The second-order valence-corrected chi connectivity index (χ2v) is 3.05. The van der Waals surface area contributed by atoms with Crippen molar-refractivity contribution < 1.29 is 0 Å². The minimum absolute atomic E-state index is 0. The molecule has 2 aromatic rings. The first kappa shape index (κ1) is 11.7. The highest BCUT2D eigenvalue weighted by Gasteiger charge is 1.94. The second-order valence-electron chi connectivity index (χ2n) is 3.05. The van der Waals surface area contributed by atoms with E-state index in [2.05, 4.69) is 32.9 Å². The molecule has 0 atom stereocenters. The molecule has 1 aromatic heterocycles. The first-order valence-corrected chi connectivity index (χ1v) is 4.54. The van der Waals surface area contributed by atoms with Crippen molar-refractivity contribution >= 4 is 12.4 Å². The molecule has 0 aliphatic rings. The Balaban J connectivity index is 0.00000112. The molecule has 0 spiro atoms. The van der Waals surface area contributed by atoms with E-state index in [4.69, 9.17) is 0 Å². The molecule has 1 aromatic carbocycles. The Morgan fingerprint density at radius 2 is 1.93 bits per heavy atom. The van der Waals surface area contributed by atoms with E-state index >= 15 is 0 Å². The van der Waals surface area contributed by atoms with E-state index in [1.807, 2.05) is 18.2 Å². The van der Waals surface area contributed by atoms with Gasteiger partial charge >= 0.3 is 0 Å². The van der Waals surface area contributed by atoms with Crippen molar-refractivity contribution in [1.82, 2.24) is 20.7 Å². The molecule has 2 N–H and O–H groups in total. The lowest BCUT2D eigenvalue weighted by Crippen LogP contribution is -2.12. The summed E-state index contributed by atoms with van der Waals surface area (Å²) in [5, 5.41) is 13.5. The van der Waals surface area contributed by atoms with Crippen molar-refractivity contribution in [2.45, 2.75) is 13.1 Å². The number of hydrogen-bond donors (Lipinski definition) is 2. The fourth-order valence-corrected chi connectivity index (χ4v) is 1.24. The molecular formula is C10H13ClN4. The Bertz CT molecular complexity index is 360. The third-order valence-electron chi connectivity index (χ3n) is 1.94. The van der Waals surface area contributed by atoms with Crippen LogP contribution in [0.1, 0.15) is 11.3 Å². The van der Waals surface area contributed by atoms with Crippen molar-refractivity contribution in [1.29, 1.82) is 0 Å². The molecule has 0 bridgehead atoms. The fraction of sp³-hybridized carbons (Fsp3) is 0.200. The van der Waals surface area contributed by atoms with Crippen LogP contribution >= 0.6 is 12.4 Å². The van der Waals surface area contributed by atoms with Crippen molar-refractivity contribution in [2.75, 3.05) is 0 Å². The molecule has 80 valence electrons. The number of nitrogens with one attached hydrogen (secondary N) is 2. The van der Waals surface area contributed by atoms with Crippen LogP contribution < -0.4 is 5.32 Å². The van der Waals surface area contributed by atoms with Gasteiger partial charge < -0.3 is 5.32 Å². The van der Waals surface area contributed by atoms with Crippen molar-refractivity contribution in [3.05, 3.63) is 47.8 Å². The van der Waals surface area contributed by atoms with Gasteiger partial charge in [0.1, 0.15) is 0 Å². The van der Waals surface area contributed by atoms with E-state index in [1.54, 1.807) is 6.20 Å². The molecule has 0 aliphatic heterocycles. The molecule has 0 saturated heterocycles. The summed E-state index contributed by atoms with van der Waals surface area (Å²) in [6.45, 7) is 1.60. The van der Waals surface area contributed by atoms with Gasteiger partial charge in [-0.3, -0.25) is 0 Å². The Hall–Kier alpha value is -1.39. The second kappa shape index (κ2) is 6.16. The predicted molar refractivity (Wildman–Crippen MR) is 60.6 cm³/mol. The van der Waals surface area contributed by atoms with Gasteiger partial charge in [0.25, 0.3) is 0 Å². The summed E-state index contributed by atoms with van der Waals surface area (Å²) in [7, 11) is 0. The maximum absolute atomic E-state index is 3.95. The van der Waals surface area contributed by atoms with Crippen molar-refractivity contribution in [3.8, 4) is 0 Å². The molecule has 4 nitrogen and oxygen atoms in total.